The average Bonchev–Trinajstić information content (AvgIpc) is 3.14. The zero-order valence-corrected chi connectivity index (χ0v) is 15.4. The molecule has 2 aromatic rings. The van der Waals surface area contributed by atoms with Crippen LogP contribution >= 0.6 is 0 Å². The first-order chi connectivity index (χ1) is 13.0. The second-order valence-electron chi connectivity index (χ2n) is 6.11. The number of nitrogens with zero attached hydrogens (tertiary/aromatic N) is 2. The Morgan fingerprint density at radius 2 is 1.70 bits per heavy atom. The Balaban J connectivity index is 1.83. The van der Waals surface area contributed by atoms with Crippen LogP contribution in [-0.2, 0) is 9.59 Å². The first kappa shape index (κ1) is 18.4. The van der Waals surface area contributed by atoms with E-state index < -0.39 is 6.04 Å². The molecule has 27 heavy (non-hydrogen) atoms. The van der Waals surface area contributed by atoms with Crippen LogP contribution in [0.5, 0.6) is 11.5 Å². The molecule has 7 nitrogen and oxygen atoms in total. The number of para-hydroxylation sites is 1. The fraction of sp³-hybridized carbons (Fsp3) is 0.250. The lowest BCUT2D eigenvalue weighted by atomic mass is 10.1. The second kappa shape index (κ2) is 7.90. The second-order valence-corrected chi connectivity index (χ2v) is 6.11. The van der Waals surface area contributed by atoms with Gasteiger partial charge in [-0.25, -0.2) is 0 Å². The van der Waals surface area contributed by atoms with Gasteiger partial charge < -0.3 is 14.8 Å². The molecule has 0 aromatic heterocycles. The maximum Gasteiger partial charge on any atom is 0.271 e. The maximum atomic E-state index is 12.7. The average molecular weight is 367 g/mol. The number of hydrogen-bond acceptors (Lipinski definition) is 6. The number of methoxy groups -OCH3 is 2. The number of amides is 1. The van der Waals surface area contributed by atoms with Gasteiger partial charge in [0.25, 0.3) is 5.91 Å². The fourth-order valence-electron chi connectivity index (χ4n) is 2.87. The molecule has 140 valence electrons. The smallest absolute Gasteiger partial charge is 0.271 e. The molecular formula is C20H21N3O4. The first-order valence-electron chi connectivity index (χ1n) is 8.48. The van der Waals surface area contributed by atoms with Crippen molar-refractivity contribution in [2.24, 2.45) is 5.10 Å². The summed E-state index contributed by atoms with van der Waals surface area (Å²) in [7, 11) is 3.08. The summed E-state index contributed by atoms with van der Waals surface area (Å²) in [6.07, 6.45) is 0.247. The number of ketones is 1. The van der Waals surface area contributed by atoms with Crippen LogP contribution in [0.15, 0.2) is 53.6 Å². The van der Waals surface area contributed by atoms with E-state index in [1.165, 1.54) is 21.1 Å². The molecule has 1 amide bonds. The standard InChI is InChI=1S/C20H21N3O4/c1-13(24)19-12-18(22-23(19)15-7-5-4-6-8-15)20(25)21-14-9-16(26-2)11-17(10-14)27-3/h4-11,19H,12H2,1-3H3,(H,21,25). The van der Waals surface area contributed by atoms with Gasteiger partial charge in [0.05, 0.1) is 19.9 Å². The molecule has 1 N–H and O–H groups in total. The summed E-state index contributed by atoms with van der Waals surface area (Å²) < 4.78 is 10.4. The maximum absolute atomic E-state index is 12.7. The number of Topliss-reactive ketones (excluding diaryl/α,β-unsaturated/α-hetero) is 1. The third-order valence-electron chi connectivity index (χ3n) is 4.27. The van der Waals surface area contributed by atoms with E-state index in [2.05, 4.69) is 10.4 Å². The van der Waals surface area contributed by atoms with E-state index in [4.69, 9.17) is 9.47 Å². The molecule has 1 atom stereocenters. The minimum Gasteiger partial charge on any atom is -0.497 e. The van der Waals surface area contributed by atoms with Crippen molar-refractivity contribution >= 4 is 28.8 Å². The van der Waals surface area contributed by atoms with Crippen LogP contribution < -0.4 is 19.8 Å². The minimum atomic E-state index is -0.493. The summed E-state index contributed by atoms with van der Waals surface area (Å²) >= 11 is 0. The fourth-order valence-corrected chi connectivity index (χ4v) is 2.87. The number of rotatable bonds is 6. The molecule has 2 aromatic carbocycles. The Morgan fingerprint density at radius 3 is 2.26 bits per heavy atom. The molecule has 1 aliphatic rings. The van der Waals surface area contributed by atoms with E-state index in [1.807, 2.05) is 30.3 Å². The van der Waals surface area contributed by atoms with Crippen molar-refractivity contribution in [3.05, 3.63) is 48.5 Å². The van der Waals surface area contributed by atoms with Crippen molar-refractivity contribution in [2.75, 3.05) is 24.5 Å². The number of benzene rings is 2. The van der Waals surface area contributed by atoms with Gasteiger partial charge in [0.15, 0.2) is 5.78 Å². The van der Waals surface area contributed by atoms with E-state index in [9.17, 15) is 9.59 Å². The van der Waals surface area contributed by atoms with Crippen LogP contribution in [0.4, 0.5) is 11.4 Å². The van der Waals surface area contributed by atoms with Crippen molar-refractivity contribution < 1.29 is 19.1 Å². The lowest BCUT2D eigenvalue weighted by molar-refractivity contribution is -0.118. The minimum absolute atomic E-state index is 0.0477. The van der Waals surface area contributed by atoms with Crippen molar-refractivity contribution in [2.45, 2.75) is 19.4 Å². The van der Waals surface area contributed by atoms with Gasteiger partial charge in [0, 0.05) is 30.3 Å². The predicted octanol–water partition coefficient (Wildman–Crippen LogP) is 2.87. The van der Waals surface area contributed by atoms with Crippen molar-refractivity contribution in [1.29, 1.82) is 0 Å². The van der Waals surface area contributed by atoms with Gasteiger partial charge in [0.1, 0.15) is 23.3 Å². The van der Waals surface area contributed by atoms with Gasteiger partial charge in [-0.05, 0) is 19.1 Å². The van der Waals surface area contributed by atoms with Crippen LogP contribution in [0.2, 0.25) is 0 Å². The Bertz CT molecular complexity index is 858. The number of nitrogens with one attached hydrogen (secondary N) is 1. The molecule has 0 saturated carbocycles. The van der Waals surface area contributed by atoms with Crippen LogP contribution in [0.1, 0.15) is 13.3 Å². The van der Waals surface area contributed by atoms with Gasteiger partial charge in [0.2, 0.25) is 0 Å². The first-order valence-corrected chi connectivity index (χ1v) is 8.48. The number of hydrazone groups is 1. The van der Waals surface area contributed by atoms with Crippen molar-refractivity contribution in [3.8, 4) is 11.5 Å². The molecule has 0 saturated heterocycles. The van der Waals surface area contributed by atoms with E-state index in [-0.39, 0.29) is 18.1 Å². The van der Waals surface area contributed by atoms with Crippen LogP contribution in [0, 0.1) is 0 Å². The molecule has 7 heteroatoms. The molecule has 0 radical (unpaired) electrons. The Kier molecular flexibility index (Phi) is 5.40. The quantitative estimate of drug-likeness (QED) is 0.849. The van der Waals surface area contributed by atoms with Crippen molar-refractivity contribution in [1.82, 2.24) is 0 Å². The topological polar surface area (TPSA) is 80.2 Å². The third-order valence-corrected chi connectivity index (χ3v) is 4.27. The van der Waals surface area contributed by atoms with Gasteiger partial charge in [-0.1, -0.05) is 18.2 Å². The highest BCUT2D eigenvalue weighted by Gasteiger charge is 2.34. The molecule has 0 bridgehead atoms. The van der Waals surface area contributed by atoms with E-state index in [0.29, 0.717) is 22.9 Å². The number of carbonyl (C=O) groups is 2. The van der Waals surface area contributed by atoms with Crippen molar-refractivity contribution in [3.63, 3.8) is 0 Å². The molecule has 1 unspecified atom stereocenters. The monoisotopic (exact) mass is 367 g/mol. The number of anilines is 2. The number of ether oxygens (including phenoxy) is 2. The SMILES string of the molecule is COc1cc(NC(=O)C2=NN(c3ccccc3)C(C(C)=O)C2)cc(OC)c1. The summed E-state index contributed by atoms with van der Waals surface area (Å²) in [4.78, 5) is 24.7. The molecule has 0 spiro atoms. The molecule has 1 aliphatic heterocycles. The number of carbonyl (C=O) groups excluding carboxylic acids is 2. The zero-order chi connectivity index (χ0) is 19.4. The number of hydrogen-bond donors (Lipinski definition) is 1. The summed E-state index contributed by atoms with van der Waals surface area (Å²) in [5.41, 5.74) is 1.58. The zero-order valence-electron chi connectivity index (χ0n) is 15.4. The van der Waals surface area contributed by atoms with E-state index in [1.54, 1.807) is 23.2 Å². The highest BCUT2D eigenvalue weighted by Crippen LogP contribution is 2.28. The van der Waals surface area contributed by atoms with Crippen LogP contribution in [0.3, 0.4) is 0 Å². The van der Waals surface area contributed by atoms with E-state index >= 15 is 0 Å². The van der Waals surface area contributed by atoms with Crippen LogP contribution in [0.25, 0.3) is 0 Å². The molecular weight excluding hydrogens is 346 g/mol. The van der Waals surface area contributed by atoms with E-state index in [0.717, 1.165) is 5.69 Å². The third kappa shape index (κ3) is 4.08. The van der Waals surface area contributed by atoms with Gasteiger partial charge in [-0.2, -0.15) is 5.10 Å². The summed E-state index contributed by atoms with van der Waals surface area (Å²) in [5, 5.41) is 8.79. The molecule has 1 heterocycles. The highest BCUT2D eigenvalue weighted by molar-refractivity contribution is 6.44. The normalized spacial score (nSPS) is 15.9. The summed E-state index contributed by atoms with van der Waals surface area (Å²) in [5.74, 6) is 0.708. The highest BCUT2D eigenvalue weighted by atomic mass is 16.5. The Labute approximate surface area is 157 Å². The molecule has 0 aliphatic carbocycles. The van der Waals surface area contributed by atoms with Crippen LogP contribution in [-0.4, -0.2) is 37.7 Å². The Hall–Kier alpha value is -3.35. The predicted molar refractivity (Wildman–Crippen MR) is 104 cm³/mol. The molecule has 3 rings (SSSR count). The molecule has 0 fully saturated rings. The van der Waals surface area contributed by atoms with Gasteiger partial charge in [-0.3, -0.25) is 14.6 Å². The van der Waals surface area contributed by atoms with Gasteiger partial charge in [-0.15, -0.1) is 0 Å². The lowest BCUT2D eigenvalue weighted by Crippen LogP contribution is -2.33. The lowest BCUT2D eigenvalue weighted by Gasteiger charge is -2.20. The van der Waals surface area contributed by atoms with Gasteiger partial charge >= 0.3 is 0 Å². The largest absolute Gasteiger partial charge is 0.497 e. The summed E-state index contributed by atoms with van der Waals surface area (Å²) in [6, 6.07) is 13.9. The Morgan fingerprint density at radius 1 is 1.07 bits per heavy atom. The summed E-state index contributed by atoms with van der Waals surface area (Å²) in [6.45, 7) is 1.50.